The largest absolute Gasteiger partial charge is 0.477 e. The Kier molecular flexibility index (Phi) is 6.16. The van der Waals surface area contributed by atoms with Crippen LogP contribution in [0, 0.1) is 0 Å². The second-order valence-corrected chi connectivity index (χ2v) is 9.65. The summed E-state index contributed by atoms with van der Waals surface area (Å²) in [6.45, 7) is 4.19. The van der Waals surface area contributed by atoms with E-state index >= 15 is 0 Å². The number of rotatable bonds is 6. The molecule has 1 fully saturated rings. The second kappa shape index (κ2) is 9.75. The van der Waals surface area contributed by atoms with Crippen LogP contribution in [0.4, 0.5) is 17.2 Å². The number of aryl methyl sites for hydroxylation is 1. The van der Waals surface area contributed by atoms with E-state index in [1.807, 2.05) is 23.0 Å². The van der Waals surface area contributed by atoms with Gasteiger partial charge in [0, 0.05) is 66.9 Å². The molecule has 1 aromatic carbocycles. The van der Waals surface area contributed by atoms with E-state index in [4.69, 9.17) is 14.5 Å². The van der Waals surface area contributed by atoms with Gasteiger partial charge < -0.3 is 29.0 Å². The van der Waals surface area contributed by atoms with Crippen LogP contribution in [0.25, 0.3) is 16.9 Å². The fourth-order valence-corrected chi connectivity index (χ4v) is 4.90. The van der Waals surface area contributed by atoms with Gasteiger partial charge in [-0.25, -0.2) is 15.0 Å². The standard InChI is InChI=1S/C27H31N7O2/c1-32(2)16-23-17-33(11-13-35-23)22-7-5-21(6-8-22)30-25-26-28-9-10-34(26)18-24(31-25)20-14-19-4-3-12-36-27(19)29-15-20/h5-10,14-15,18,23H,3-4,11-13,16-17H2,1-2H3,(H,30,31). The maximum atomic E-state index is 5.93. The number of benzene rings is 1. The molecule has 1 unspecified atom stereocenters. The molecule has 9 nitrogen and oxygen atoms in total. The zero-order chi connectivity index (χ0) is 24.5. The lowest BCUT2D eigenvalue weighted by atomic mass is 10.1. The molecule has 4 aromatic rings. The molecule has 2 aliphatic heterocycles. The third-order valence-electron chi connectivity index (χ3n) is 6.63. The lowest BCUT2D eigenvalue weighted by molar-refractivity contribution is 0.0248. The van der Waals surface area contributed by atoms with Crippen LogP contribution in [0.15, 0.2) is 55.1 Å². The lowest BCUT2D eigenvalue weighted by Crippen LogP contribution is -2.46. The smallest absolute Gasteiger partial charge is 0.216 e. The van der Waals surface area contributed by atoms with Crippen molar-refractivity contribution < 1.29 is 9.47 Å². The fourth-order valence-electron chi connectivity index (χ4n) is 4.90. The molecule has 0 aliphatic carbocycles. The molecule has 1 N–H and O–H groups in total. The predicted molar refractivity (Wildman–Crippen MR) is 140 cm³/mol. The van der Waals surface area contributed by atoms with Crippen LogP contribution in [0.1, 0.15) is 12.0 Å². The normalized spacial score (nSPS) is 17.8. The zero-order valence-corrected chi connectivity index (χ0v) is 20.7. The summed E-state index contributed by atoms with van der Waals surface area (Å²) in [5, 5.41) is 3.48. The SMILES string of the molecule is CN(C)CC1CN(c2ccc(Nc3nc(-c4cnc5c(c4)CCCO5)cn4ccnc34)cc2)CCO1. The van der Waals surface area contributed by atoms with Crippen molar-refractivity contribution in [3.05, 3.63) is 60.7 Å². The molecular formula is C27H31N7O2. The van der Waals surface area contributed by atoms with E-state index in [2.05, 4.69) is 69.5 Å². The van der Waals surface area contributed by atoms with Gasteiger partial charge in [-0.1, -0.05) is 0 Å². The van der Waals surface area contributed by atoms with Gasteiger partial charge in [-0.2, -0.15) is 0 Å². The third kappa shape index (κ3) is 4.72. The van der Waals surface area contributed by atoms with Crippen molar-refractivity contribution in [3.8, 4) is 17.1 Å². The summed E-state index contributed by atoms with van der Waals surface area (Å²) in [6, 6.07) is 10.6. The van der Waals surface area contributed by atoms with Crippen LogP contribution >= 0.6 is 0 Å². The monoisotopic (exact) mass is 485 g/mol. The molecule has 186 valence electrons. The van der Waals surface area contributed by atoms with Crippen molar-refractivity contribution in [1.29, 1.82) is 0 Å². The number of nitrogens with one attached hydrogen (secondary N) is 1. The number of aromatic nitrogens is 4. The van der Waals surface area contributed by atoms with E-state index in [0.29, 0.717) is 5.82 Å². The van der Waals surface area contributed by atoms with Gasteiger partial charge >= 0.3 is 0 Å². The van der Waals surface area contributed by atoms with Crippen LogP contribution in [0.2, 0.25) is 0 Å². The molecule has 5 heterocycles. The van der Waals surface area contributed by atoms with E-state index in [-0.39, 0.29) is 6.10 Å². The summed E-state index contributed by atoms with van der Waals surface area (Å²) in [6.07, 6.45) is 9.75. The first-order chi connectivity index (χ1) is 17.6. The summed E-state index contributed by atoms with van der Waals surface area (Å²) in [5.41, 5.74) is 5.86. The Bertz CT molecular complexity index is 1350. The summed E-state index contributed by atoms with van der Waals surface area (Å²) in [4.78, 5) is 18.5. The summed E-state index contributed by atoms with van der Waals surface area (Å²) < 4.78 is 13.6. The van der Waals surface area contributed by atoms with Crippen molar-refractivity contribution >= 4 is 22.8 Å². The first-order valence-corrected chi connectivity index (χ1v) is 12.5. The third-order valence-corrected chi connectivity index (χ3v) is 6.63. The molecule has 0 spiro atoms. The number of anilines is 3. The number of morpholine rings is 1. The maximum absolute atomic E-state index is 5.93. The van der Waals surface area contributed by atoms with Gasteiger partial charge in [-0.3, -0.25) is 0 Å². The number of fused-ring (bicyclic) bond motifs is 2. The minimum Gasteiger partial charge on any atom is -0.477 e. The van der Waals surface area contributed by atoms with Crippen LogP contribution in [-0.2, 0) is 11.2 Å². The van der Waals surface area contributed by atoms with Crippen LogP contribution < -0.4 is 15.0 Å². The number of nitrogens with zero attached hydrogens (tertiary/aromatic N) is 6. The number of likely N-dealkylation sites (N-methyl/N-ethyl adjacent to an activating group) is 1. The maximum Gasteiger partial charge on any atom is 0.216 e. The summed E-state index contributed by atoms with van der Waals surface area (Å²) in [5.74, 6) is 1.44. The average molecular weight is 486 g/mol. The van der Waals surface area contributed by atoms with E-state index in [9.17, 15) is 0 Å². The highest BCUT2D eigenvalue weighted by atomic mass is 16.5. The zero-order valence-electron chi connectivity index (χ0n) is 20.7. The molecule has 36 heavy (non-hydrogen) atoms. The van der Waals surface area contributed by atoms with Crippen molar-refractivity contribution in [2.24, 2.45) is 0 Å². The highest BCUT2D eigenvalue weighted by Crippen LogP contribution is 2.30. The Morgan fingerprint density at radius 2 is 2.03 bits per heavy atom. The Balaban J connectivity index is 1.24. The first-order valence-electron chi connectivity index (χ1n) is 12.5. The van der Waals surface area contributed by atoms with Gasteiger partial charge in [0.1, 0.15) is 0 Å². The molecule has 6 rings (SSSR count). The second-order valence-electron chi connectivity index (χ2n) is 9.65. The Hall–Kier alpha value is -3.69. The van der Waals surface area contributed by atoms with E-state index < -0.39 is 0 Å². The summed E-state index contributed by atoms with van der Waals surface area (Å²) >= 11 is 0. The highest BCUT2D eigenvalue weighted by molar-refractivity contribution is 5.74. The van der Waals surface area contributed by atoms with Crippen molar-refractivity contribution in [2.75, 3.05) is 57.2 Å². The van der Waals surface area contributed by atoms with Crippen LogP contribution in [0.3, 0.4) is 0 Å². The quantitative estimate of drug-likeness (QED) is 0.444. The van der Waals surface area contributed by atoms with Gasteiger partial charge in [-0.05, 0) is 57.3 Å². The molecule has 0 bridgehead atoms. The molecule has 1 saturated heterocycles. The molecule has 0 amide bonds. The van der Waals surface area contributed by atoms with E-state index in [1.165, 1.54) is 5.69 Å². The van der Waals surface area contributed by atoms with Gasteiger partial charge in [0.15, 0.2) is 11.5 Å². The van der Waals surface area contributed by atoms with Gasteiger partial charge in [-0.15, -0.1) is 0 Å². The van der Waals surface area contributed by atoms with Crippen molar-refractivity contribution in [3.63, 3.8) is 0 Å². The lowest BCUT2D eigenvalue weighted by Gasteiger charge is -2.35. The number of hydrogen-bond acceptors (Lipinski definition) is 8. The number of imidazole rings is 1. The topological polar surface area (TPSA) is 80.0 Å². The minimum atomic E-state index is 0.219. The Morgan fingerprint density at radius 3 is 2.89 bits per heavy atom. The van der Waals surface area contributed by atoms with E-state index in [0.717, 1.165) is 79.7 Å². The minimum absolute atomic E-state index is 0.219. The molecular weight excluding hydrogens is 454 g/mol. The number of hydrogen-bond donors (Lipinski definition) is 1. The van der Waals surface area contributed by atoms with Gasteiger partial charge in [0.2, 0.25) is 5.88 Å². The average Bonchev–Trinajstić information content (AvgIpc) is 3.38. The van der Waals surface area contributed by atoms with Crippen molar-refractivity contribution in [1.82, 2.24) is 24.3 Å². The first kappa shape index (κ1) is 22.8. The number of ether oxygens (including phenoxy) is 2. The molecule has 1 atom stereocenters. The van der Waals surface area contributed by atoms with Gasteiger partial charge in [0.25, 0.3) is 0 Å². The molecule has 3 aromatic heterocycles. The predicted octanol–water partition coefficient (Wildman–Crippen LogP) is 3.63. The Morgan fingerprint density at radius 1 is 1.14 bits per heavy atom. The van der Waals surface area contributed by atoms with Crippen molar-refractivity contribution in [2.45, 2.75) is 18.9 Å². The van der Waals surface area contributed by atoms with Gasteiger partial charge in [0.05, 0.1) is 25.0 Å². The molecule has 0 saturated carbocycles. The van der Waals surface area contributed by atoms with Crippen LogP contribution in [0.5, 0.6) is 5.88 Å². The molecule has 9 heteroatoms. The fraction of sp³-hybridized carbons (Fsp3) is 0.370. The van der Waals surface area contributed by atoms with E-state index in [1.54, 1.807) is 6.20 Å². The summed E-state index contributed by atoms with van der Waals surface area (Å²) in [7, 11) is 4.17. The molecule has 2 aliphatic rings. The Labute approximate surface area is 210 Å². The van der Waals surface area contributed by atoms with Crippen LogP contribution in [-0.4, -0.2) is 77.3 Å². The highest BCUT2D eigenvalue weighted by Gasteiger charge is 2.21. The number of pyridine rings is 1. The molecule has 0 radical (unpaired) electrons.